The summed E-state index contributed by atoms with van der Waals surface area (Å²) in [7, 11) is 0. The Balaban J connectivity index is 2.25. The highest BCUT2D eigenvalue weighted by atomic mass is 35.5. The van der Waals surface area contributed by atoms with Crippen molar-refractivity contribution in [1.29, 1.82) is 0 Å². The molecule has 2 rings (SSSR count). The summed E-state index contributed by atoms with van der Waals surface area (Å²) >= 11 is 5.91. The van der Waals surface area contributed by atoms with E-state index in [1.807, 2.05) is 18.2 Å². The van der Waals surface area contributed by atoms with Crippen LogP contribution in [0.2, 0.25) is 5.02 Å². The van der Waals surface area contributed by atoms with Gasteiger partial charge in [0.25, 0.3) is 5.92 Å². The fourth-order valence-electron chi connectivity index (χ4n) is 2.02. The molecular weight excluding hydrogens is 290 g/mol. The van der Waals surface area contributed by atoms with Crippen LogP contribution in [0.3, 0.4) is 0 Å². The second kappa shape index (κ2) is 6.40. The third kappa shape index (κ3) is 4.40. The normalized spacial score (nSPS) is 12.0. The minimum Gasteiger partial charge on any atom is -0.202 e. The largest absolute Gasteiger partial charge is 0.270 e. The lowest BCUT2D eigenvalue weighted by Crippen LogP contribution is -2.06. The SMILES string of the molecule is CCc1ccc(/C=C/c2cc(Cl)cc(C(C)(F)F)c2)cc1. The summed E-state index contributed by atoms with van der Waals surface area (Å²) in [6.45, 7) is 2.97. The number of rotatable bonds is 4. The van der Waals surface area contributed by atoms with Gasteiger partial charge in [0.2, 0.25) is 0 Å². The van der Waals surface area contributed by atoms with Gasteiger partial charge in [-0.3, -0.25) is 0 Å². The second-order valence-corrected chi connectivity index (χ2v) is 5.53. The van der Waals surface area contributed by atoms with Gasteiger partial charge < -0.3 is 0 Å². The van der Waals surface area contributed by atoms with E-state index in [-0.39, 0.29) is 5.56 Å². The monoisotopic (exact) mass is 306 g/mol. The minimum absolute atomic E-state index is 0.0732. The Hall–Kier alpha value is -1.67. The zero-order valence-corrected chi connectivity index (χ0v) is 12.8. The maximum absolute atomic E-state index is 13.4. The fraction of sp³-hybridized carbons (Fsp3) is 0.222. The molecule has 2 aromatic rings. The average molecular weight is 307 g/mol. The van der Waals surface area contributed by atoms with E-state index in [0.29, 0.717) is 10.6 Å². The van der Waals surface area contributed by atoms with E-state index in [9.17, 15) is 8.78 Å². The van der Waals surface area contributed by atoms with Crippen LogP contribution in [-0.2, 0) is 12.3 Å². The van der Waals surface area contributed by atoms with Crippen molar-refractivity contribution in [3.63, 3.8) is 0 Å². The van der Waals surface area contributed by atoms with Crippen molar-refractivity contribution in [1.82, 2.24) is 0 Å². The summed E-state index contributed by atoms with van der Waals surface area (Å²) in [6.07, 6.45) is 4.68. The molecule has 0 amide bonds. The van der Waals surface area contributed by atoms with Crippen LogP contribution in [0.15, 0.2) is 42.5 Å². The van der Waals surface area contributed by atoms with Crippen LogP contribution in [-0.4, -0.2) is 0 Å². The molecule has 0 nitrogen and oxygen atoms in total. The molecule has 2 aromatic carbocycles. The standard InChI is InChI=1S/C18H17ClF2/c1-3-13-4-6-14(7-5-13)8-9-15-10-16(18(2,20)21)12-17(19)11-15/h4-12H,3H2,1-2H3/b9-8+. The Morgan fingerprint density at radius 3 is 2.19 bits per heavy atom. The van der Waals surface area contributed by atoms with Crippen molar-refractivity contribution < 1.29 is 8.78 Å². The van der Waals surface area contributed by atoms with Crippen LogP contribution in [0, 0.1) is 0 Å². The molecule has 3 heteroatoms. The molecule has 0 unspecified atom stereocenters. The van der Waals surface area contributed by atoms with Gasteiger partial charge in [-0.2, -0.15) is 0 Å². The number of aryl methyl sites for hydroxylation is 1. The lowest BCUT2D eigenvalue weighted by atomic mass is 10.0. The maximum Gasteiger partial charge on any atom is 0.270 e. The lowest BCUT2D eigenvalue weighted by Gasteiger charge is -2.11. The Labute approximate surface area is 129 Å². The number of benzene rings is 2. The smallest absolute Gasteiger partial charge is 0.202 e. The van der Waals surface area contributed by atoms with Crippen LogP contribution in [0.4, 0.5) is 8.78 Å². The predicted octanol–water partition coefficient (Wildman–Crippen LogP) is 6.18. The minimum atomic E-state index is -2.89. The van der Waals surface area contributed by atoms with E-state index in [4.69, 9.17) is 11.6 Å². The molecule has 0 radical (unpaired) electrons. The van der Waals surface area contributed by atoms with Gasteiger partial charge in [-0.05, 0) is 41.3 Å². The molecule has 0 aliphatic rings. The first-order valence-electron chi connectivity index (χ1n) is 6.84. The van der Waals surface area contributed by atoms with Crippen LogP contribution < -0.4 is 0 Å². The van der Waals surface area contributed by atoms with Crippen molar-refractivity contribution >= 4 is 23.8 Å². The molecule has 0 saturated heterocycles. The summed E-state index contributed by atoms with van der Waals surface area (Å²) in [6, 6.07) is 12.6. The Bertz CT molecular complexity index is 637. The molecule has 0 saturated carbocycles. The van der Waals surface area contributed by atoms with Gasteiger partial charge in [0.1, 0.15) is 0 Å². The number of hydrogen-bond acceptors (Lipinski definition) is 0. The summed E-state index contributed by atoms with van der Waals surface area (Å²) in [5.74, 6) is -2.89. The topological polar surface area (TPSA) is 0 Å². The van der Waals surface area contributed by atoms with Crippen molar-refractivity contribution in [2.24, 2.45) is 0 Å². The molecule has 0 N–H and O–H groups in total. The van der Waals surface area contributed by atoms with E-state index in [2.05, 4.69) is 19.1 Å². The van der Waals surface area contributed by atoms with Gasteiger partial charge >= 0.3 is 0 Å². The molecule has 0 spiro atoms. The summed E-state index contributed by atoms with van der Waals surface area (Å²) < 4.78 is 26.8. The van der Waals surface area contributed by atoms with E-state index < -0.39 is 5.92 Å². The van der Waals surface area contributed by atoms with Gasteiger partial charge in [0.15, 0.2) is 0 Å². The van der Waals surface area contributed by atoms with Gasteiger partial charge in [-0.1, -0.05) is 54.9 Å². The van der Waals surface area contributed by atoms with E-state index in [1.165, 1.54) is 17.7 Å². The molecule has 0 fully saturated rings. The van der Waals surface area contributed by atoms with Crippen molar-refractivity contribution in [2.45, 2.75) is 26.2 Å². The van der Waals surface area contributed by atoms with Crippen LogP contribution >= 0.6 is 11.6 Å². The summed E-state index contributed by atoms with van der Waals surface area (Å²) in [5, 5.41) is 0.315. The quantitative estimate of drug-likeness (QED) is 0.591. The second-order valence-electron chi connectivity index (χ2n) is 5.09. The number of hydrogen-bond donors (Lipinski definition) is 0. The number of alkyl halides is 2. The zero-order valence-electron chi connectivity index (χ0n) is 12.0. The number of halogens is 3. The molecule has 0 aromatic heterocycles. The third-order valence-electron chi connectivity index (χ3n) is 3.28. The van der Waals surface area contributed by atoms with E-state index in [0.717, 1.165) is 18.9 Å². The third-order valence-corrected chi connectivity index (χ3v) is 3.50. The summed E-state index contributed by atoms with van der Waals surface area (Å²) in [4.78, 5) is 0. The van der Waals surface area contributed by atoms with Gasteiger partial charge in [-0.25, -0.2) is 8.78 Å². The molecule has 21 heavy (non-hydrogen) atoms. The lowest BCUT2D eigenvalue weighted by molar-refractivity contribution is 0.0174. The Morgan fingerprint density at radius 1 is 1.00 bits per heavy atom. The van der Waals surface area contributed by atoms with E-state index >= 15 is 0 Å². The molecule has 0 bridgehead atoms. The van der Waals surface area contributed by atoms with Crippen LogP contribution in [0.25, 0.3) is 12.2 Å². The highest BCUT2D eigenvalue weighted by Crippen LogP contribution is 2.30. The molecule has 0 aliphatic heterocycles. The van der Waals surface area contributed by atoms with E-state index in [1.54, 1.807) is 12.1 Å². The molecule has 110 valence electrons. The molecular formula is C18H17ClF2. The Morgan fingerprint density at radius 2 is 1.62 bits per heavy atom. The highest BCUT2D eigenvalue weighted by Gasteiger charge is 2.24. The van der Waals surface area contributed by atoms with Crippen molar-refractivity contribution in [2.75, 3.05) is 0 Å². The van der Waals surface area contributed by atoms with Crippen molar-refractivity contribution in [3.8, 4) is 0 Å². The first-order chi connectivity index (χ1) is 9.88. The molecule has 0 atom stereocenters. The molecule has 0 aliphatic carbocycles. The first-order valence-corrected chi connectivity index (χ1v) is 7.22. The maximum atomic E-state index is 13.4. The average Bonchev–Trinajstić information content (AvgIpc) is 2.44. The van der Waals surface area contributed by atoms with Crippen LogP contribution in [0.1, 0.15) is 36.1 Å². The first kappa shape index (κ1) is 15.7. The van der Waals surface area contributed by atoms with Gasteiger partial charge in [0.05, 0.1) is 0 Å². The predicted molar refractivity (Wildman–Crippen MR) is 85.8 cm³/mol. The van der Waals surface area contributed by atoms with Crippen LogP contribution in [0.5, 0.6) is 0 Å². The van der Waals surface area contributed by atoms with Gasteiger partial charge in [0, 0.05) is 17.5 Å². The van der Waals surface area contributed by atoms with Gasteiger partial charge in [-0.15, -0.1) is 0 Å². The Kier molecular flexibility index (Phi) is 4.79. The fourth-order valence-corrected chi connectivity index (χ4v) is 2.26. The zero-order chi connectivity index (χ0) is 15.5. The van der Waals surface area contributed by atoms with Crippen molar-refractivity contribution in [3.05, 3.63) is 69.7 Å². The highest BCUT2D eigenvalue weighted by molar-refractivity contribution is 6.30. The summed E-state index contributed by atoms with van der Waals surface area (Å²) in [5.41, 5.74) is 2.88. The molecule has 0 heterocycles.